The molecule has 27 heavy (non-hydrogen) atoms. The SMILES string of the molecule is CC(C)CCCN1CCOC(CNCc2ccc(N3CCNCC3)cc2)C1. The van der Waals surface area contributed by atoms with Crippen molar-refractivity contribution in [2.75, 3.05) is 63.9 Å². The normalized spacial score (nSPS) is 21.7. The molecule has 1 aromatic rings. The van der Waals surface area contributed by atoms with Crippen LogP contribution in [-0.4, -0.2) is 70.0 Å². The zero-order valence-corrected chi connectivity index (χ0v) is 17.3. The first-order valence-corrected chi connectivity index (χ1v) is 10.8. The van der Waals surface area contributed by atoms with E-state index in [0.29, 0.717) is 6.10 Å². The third-order valence-electron chi connectivity index (χ3n) is 5.60. The van der Waals surface area contributed by atoms with E-state index in [1.54, 1.807) is 0 Å². The van der Waals surface area contributed by atoms with Gasteiger partial charge >= 0.3 is 0 Å². The number of morpholine rings is 1. The Morgan fingerprint density at radius 1 is 1.15 bits per heavy atom. The smallest absolute Gasteiger partial charge is 0.0826 e. The molecule has 3 rings (SSSR count). The average Bonchev–Trinajstić information content (AvgIpc) is 2.69. The molecule has 0 aromatic heterocycles. The lowest BCUT2D eigenvalue weighted by atomic mass is 10.1. The number of nitrogens with one attached hydrogen (secondary N) is 2. The summed E-state index contributed by atoms with van der Waals surface area (Å²) in [7, 11) is 0. The summed E-state index contributed by atoms with van der Waals surface area (Å²) < 4.78 is 5.96. The lowest BCUT2D eigenvalue weighted by molar-refractivity contribution is -0.0277. The Labute approximate surface area is 165 Å². The topological polar surface area (TPSA) is 39.8 Å². The van der Waals surface area contributed by atoms with Crippen LogP contribution in [0.15, 0.2) is 24.3 Å². The van der Waals surface area contributed by atoms with Gasteiger partial charge in [-0.2, -0.15) is 0 Å². The van der Waals surface area contributed by atoms with E-state index in [1.807, 2.05) is 0 Å². The molecule has 0 aliphatic carbocycles. The van der Waals surface area contributed by atoms with E-state index in [2.05, 4.69) is 58.5 Å². The van der Waals surface area contributed by atoms with Crippen molar-refractivity contribution in [2.45, 2.75) is 39.3 Å². The Balaban J connectivity index is 1.35. The standard InChI is InChI=1S/C22H38N4O/c1-19(2)4-3-11-25-14-15-27-22(18-25)17-24-16-20-5-7-21(8-6-20)26-12-9-23-10-13-26/h5-8,19,22-24H,3-4,9-18H2,1-2H3. The van der Waals surface area contributed by atoms with E-state index < -0.39 is 0 Å². The molecular formula is C22H38N4O. The molecule has 2 heterocycles. The molecule has 1 unspecified atom stereocenters. The van der Waals surface area contributed by atoms with Gasteiger partial charge in [-0.3, -0.25) is 4.90 Å². The zero-order chi connectivity index (χ0) is 18.9. The molecule has 0 radical (unpaired) electrons. The molecule has 0 spiro atoms. The first kappa shape index (κ1) is 20.6. The number of hydrogen-bond acceptors (Lipinski definition) is 5. The summed E-state index contributed by atoms with van der Waals surface area (Å²) >= 11 is 0. The Morgan fingerprint density at radius 3 is 2.67 bits per heavy atom. The molecule has 0 amide bonds. The van der Waals surface area contributed by atoms with Crippen molar-refractivity contribution in [2.24, 2.45) is 5.92 Å². The van der Waals surface area contributed by atoms with Gasteiger partial charge in [-0.1, -0.05) is 26.0 Å². The number of piperazine rings is 1. The zero-order valence-electron chi connectivity index (χ0n) is 17.3. The summed E-state index contributed by atoms with van der Waals surface area (Å²) in [5.74, 6) is 0.807. The number of hydrogen-bond donors (Lipinski definition) is 2. The lowest BCUT2D eigenvalue weighted by Crippen LogP contribution is -2.46. The van der Waals surface area contributed by atoms with Crippen molar-refractivity contribution >= 4 is 5.69 Å². The molecule has 2 N–H and O–H groups in total. The molecule has 152 valence electrons. The van der Waals surface area contributed by atoms with Crippen LogP contribution in [0.1, 0.15) is 32.3 Å². The van der Waals surface area contributed by atoms with Crippen LogP contribution in [-0.2, 0) is 11.3 Å². The molecule has 2 saturated heterocycles. The highest BCUT2D eigenvalue weighted by atomic mass is 16.5. The van der Waals surface area contributed by atoms with Gasteiger partial charge in [0.05, 0.1) is 12.7 Å². The Kier molecular flexibility index (Phi) is 8.39. The van der Waals surface area contributed by atoms with E-state index in [1.165, 1.54) is 30.6 Å². The number of ether oxygens (including phenoxy) is 1. The van der Waals surface area contributed by atoms with Gasteiger partial charge < -0.3 is 20.3 Å². The quantitative estimate of drug-likeness (QED) is 0.694. The number of rotatable bonds is 9. The van der Waals surface area contributed by atoms with Crippen LogP contribution in [0.25, 0.3) is 0 Å². The fourth-order valence-corrected chi connectivity index (χ4v) is 3.96. The molecule has 0 saturated carbocycles. The van der Waals surface area contributed by atoms with Gasteiger partial charge in [0.1, 0.15) is 0 Å². The Bertz CT molecular complexity index is 528. The van der Waals surface area contributed by atoms with Gasteiger partial charge in [0.15, 0.2) is 0 Å². The summed E-state index contributed by atoms with van der Waals surface area (Å²) in [6.07, 6.45) is 2.94. The maximum atomic E-state index is 5.96. The van der Waals surface area contributed by atoms with Crippen molar-refractivity contribution < 1.29 is 4.74 Å². The second-order valence-electron chi connectivity index (χ2n) is 8.36. The number of benzene rings is 1. The van der Waals surface area contributed by atoms with Gasteiger partial charge in [-0.25, -0.2) is 0 Å². The fraction of sp³-hybridized carbons (Fsp3) is 0.727. The molecule has 1 aromatic carbocycles. The highest BCUT2D eigenvalue weighted by Gasteiger charge is 2.19. The highest BCUT2D eigenvalue weighted by molar-refractivity contribution is 5.48. The summed E-state index contributed by atoms with van der Waals surface area (Å²) in [4.78, 5) is 5.03. The molecule has 2 fully saturated rings. The monoisotopic (exact) mass is 374 g/mol. The average molecular weight is 375 g/mol. The predicted molar refractivity (Wildman–Crippen MR) is 113 cm³/mol. The van der Waals surface area contributed by atoms with Crippen LogP contribution < -0.4 is 15.5 Å². The second kappa shape index (κ2) is 11.0. The minimum Gasteiger partial charge on any atom is -0.374 e. The van der Waals surface area contributed by atoms with Crippen molar-refractivity contribution in [1.29, 1.82) is 0 Å². The Hall–Kier alpha value is -1.14. The summed E-state index contributed by atoms with van der Waals surface area (Å²) in [6, 6.07) is 9.03. The summed E-state index contributed by atoms with van der Waals surface area (Å²) in [6.45, 7) is 15.1. The maximum absolute atomic E-state index is 5.96. The van der Waals surface area contributed by atoms with E-state index in [4.69, 9.17) is 4.74 Å². The van der Waals surface area contributed by atoms with Gasteiger partial charge in [0.25, 0.3) is 0 Å². The van der Waals surface area contributed by atoms with E-state index in [-0.39, 0.29) is 0 Å². The Morgan fingerprint density at radius 2 is 1.93 bits per heavy atom. The van der Waals surface area contributed by atoms with Crippen LogP contribution >= 0.6 is 0 Å². The number of nitrogens with zero attached hydrogens (tertiary/aromatic N) is 2. The van der Waals surface area contributed by atoms with Crippen LogP contribution in [0, 0.1) is 5.92 Å². The molecule has 2 aliphatic rings. The van der Waals surface area contributed by atoms with Crippen LogP contribution in [0.3, 0.4) is 0 Å². The lowest BCUT2D eigenvalue weighted by Gasteiger charge is -2.33. The first-order valence-electron chi connectivity index (χ1n) is 10.8. The van der Waals surface area contributed by atoms with Gasteiger partial charge in [-0.05, 0) is 43.0 Å². The van der Waals surface area contributed by atoms with Crippen molar-refractivity contribution in [1.82, 2.24) is 15.5 Å². The second-order valence-corrected chi connectivity index (χ2v) is 8.36. The minimum atomic E-state index is 0.318. The third kappa shape index (κ3) is 7.07. The predicted octanol–water partition coefficient (Wildman–Crippen LogP) is 2.32. The van der Waals surface area contributed by atoms with E-state index in [0.717, 1.165) is 64.9 Å². The van der Waals surface area contributed by atoms with Gasteiger partial charge in [-0.15, -0.1) is 0 Å². The van der Waals surface area contributed by atoms with Gasteiger partial charge in [0, 0.05) is 58.0 Å². The molecule has 0 bridgehead atoms. The summed E-state index contributed by atoms with van der Waals surface area (Å²) in [5.41, 5.74) is 2.69. The first-order chi connectivity index (χ1) is 13.2. The van der Waals surface area contributed by atoms with Crippen LogP contribution in [0.4, 0.5) is 5.69 Å². The van der Waals surface area contributed by atoms with E-state index in [9.17, 15) is 0 Å². The maximum Gasteiger partial charge on any atom is 0.0826 e. The molecule has 5 nitrogen and oxygen atoms in total. The molecule has 2 aliphatic heterocycles. The van der Waals surface area contributed by atoms with Crippen molar-refractivity contribution in [3.05, 3.63) is 29.8 Å². The summed E-state index contributed by atoms with van der Waals surface area (Å²) in [5, 5.41) is 7.00. The van der Waals surface area contributed by atoms with E-state index >= 15 is 0 Å². The van der Waals surface area contributed by atoms with Crippen molar-refractivity contribution in [3.8, 4) is 0 Å². The van der Waals surface area contributed by atoms with Crippen LogP contribution in [0.5, 0.6) is 0 Å². The molecule has 1 atom stereocenters. The van der Waals surface area contributed by atoms with Crippen molar-refractivity contribution in [3.63, 3.8) is 0 Å². The fourth-order valence-electron chi connectivity index (χ4n) is 3.96. The number of anilines is 1. The highest BCUT2D eigenvalue weighted by Crippen LogP contribution is 2.16. The van der Waals surface area contributed by atoms with Crippen LogP contribution in [0.2, 0.25) is 0 Å². The molecule has 5 heteroatoms. The largest absolute Gasteiger partial charge is 0.374 e. The third-order valence-corrected chi connectivity index (χ3v) is 5.60. The minimum absolute atomic E-state index is 0.318. The molecular weight excluding hydrogens is 336 g/mol. The van der Waals surface area contributed by atoms with Gasteiger partial charge in [0.2, 0.25) is 0 Å².